The van der Waals surface area contributed by atoms with Gasteiger partial charge in [-0.3, -0.25) is 0 Å². The van der Waals surface area contributed by atoms with Crippen molar-refractivity contribution in [3.05, 3.63) is 0 Å². The van der Waals surface area contributed by atoms with Crippen molar-refractivity contribution in [1.29, 1.82) is 5.26 Å². The number of Topliss-reactive ketones (excluding diaryl/α,β-unsaturated/α-hetero) is 1. The Kier molecular flexibility index (Phi) is 13.4. The molecule has 0 bridgehead atoms. The average Bonchev–Trinajstić information content (AvgIpc) is 2.49. The summed E-state index contributed by atoms with van der Waals surface area (Å²) in [5.41, 5.74) is 0. The fourth-order valence-corrected chi connectivity index (χ4v) is 4.03. The highest BCUT2D eigenvalue weighted by Crippen LogP contribution is 2.46. The van der Waals surface area contributed by atoms with E-state index in [4.69, 9.17) is 14.3 Å². The number of aliphatic hydroxyl groups is 1. The topological polar surface area (TPSA) is 82.8 Å². The van der Waals surface area contributed by atoms with Gasteiger partial charge in [0.05, 0.1) is 25.7 Å². The van der Waals surface area contributed by atoms with Gasteiger partial charge in [0.25, 0.3) is 8.53 Å². The Morgan fingerprint density at radius 2 is 1.88 bits per heavy atom. The minimum Gasteiger partial charge on any atom is -0.396 e. The monoisotopic (exact) mass is 360 g/mol. The molecule has 0 aromatic carbocycles. The van der Waals surface area contributed by atoms with Crippen LogP contribution in [0, 0.1) is 17.2 Å². The summed E-state index contributed by atoms with van der Waals surface area (Å²) in [6.07, 6.45) is 2.37. The molecule has 140 valence electrons. The van der Waals surface area contributed by atoms with E-state index in [1.807, 2.05) is 0 Å². The van der Waals surface area contributed by atoms with Crippen molar-refractivity contribution in [2.75, 3.05) is 19.8 Å². The molecule has 0 aromatic heterocycles. The number of carbonyl (C=O) groups is 1. The molecule has 0 aliphatic rings. The van der Waals surface area contributed by atoms with Gasteiger partial charge in [-0.25, -0.2) is 4.67 Å². The first-order valence-electron chi connectivity index (χ1n) is 8.64. The molecule has 0 rings (SSSR count). The van der Waals surface area contributed by atoms with Crippen molar-refractivity contribution < 1.29 is 18.9 Å². The van der Waals surface area contributed by atoms with Crippen LogP contribution in [-0.2, 0) is 13.8 Å². The first kappa shape index (κ1) is 23.4. The molecule has 0 saturated heterocycles. The SMILES string of the molecule is CC(=O)CCCC(CO)COP(OCCC#N)N(C(C)C)C(C)C. The third kappa shape index (κ3) is 10.3. The van der Waals surface area contributed by atoms with Crippen molar-refractivity contribution in [2.24, 2.45) is 5.92 Å². The first-order chi connectivity index (χ1) is 11.3. The summed E-state index contributed by atoms with van der Waals surface area (Å²) in [5, 5.41) is 18.2. The highest BCUT2D eigenvalue weighted by atomic mass is 31.2. The number of rotatable bonds is 14. The van der Waals surface area contributed by atoms with Gasteiger partial charge in [-0.2, -0.15) is 5.26 Å². The molecule has 0 aliphatic heterocycles. The minimum absolute atomic E-state index is 0.00455. The lowest BCUT2D eigenvalue weighted by molar-refractivity contribution is -0.117. The van der Waals surface area contributed by atoms with E-state index in [-0.39, 0.29) is 30.4 Å². The number of nitriles is 1. The zero-order valence-corrected chi connectivity index (χ0v) is 16.6. The summed E-state index contributed by atoms with van der Waals surface area (Å²) in [4.78, 5) is 11.0. The Balaban J connectivity index is 4.65. The van der Waals surface area contributed by atoms with E-state index < -0.39 is 8.53 Å². The van der Waals surface area contributed by atoms with E-state index in [1.54, 1.807) is 6.92 Å². The van der Waals surface area contributed by atoms with Gasteiger partial charge in [-0.1, -0.05) is 0 Å². The van der Waals surface area contributed by atoms with Gasteiger partial charge < -0.3 is 18.9 Å². The van der Waals surface area contributed by atoms with Crippen LogP contribution in [0.5, 0.6) is 0 Å². The lowest BCUT2D eigenvalue weighted by Gasteiger charge is -2.36. The number of carbonyl (C=O) groups excluding carboxylic acids is 1. The maximum Gasteiger partial charge on any atom is 0.259 e. The van der Waals surface area contributed by atoms with Crippen molar-refractivity contribution in [2.45, 2.75) is 72.4 Å². The summed E-state index contributed by atoms with van der Waals surface area (Å²) in [5.74, 6) is 0.163. The zero-order chi connectivity index (χ0) is 18.5. The molecule has 24 heavy (non-hydrogen) atoms. The van der Waals surface area contributed by atoms with Gasteiger partial charge in [-0.05, 0) is 47.5 Å². The molecular formula is C17H33N2O4P. The van der Waals surface area contributed by atoms with Gasteiger partial charge in [0.2, 0.25) is 0 Å². The third-order valence-electron chi connectivity index (χ3n) is 3.48. The van der Waals surface area contributed by atoms with E-state index in [9.17, 15) is 9.90 Å². The van der Waals surface area contributed by atoms with Crippen LogP contribution in [-0.4, -0.2) is 47.5 Å². The van der Waals surface area contributed by atoms with E-state index >= 15 is 0 Å². The van der Waals surface area contributed by atoms with Crippen LogP contribution in [0.15, 0.2) is 0 Å². The number of ketones is 1. The van der Waals surface area contributed by atoms with Crippen LogP contribution in [0.2, 0.25) is 0 Å². The van der Waals surface area contributed by atoms with E-state index in [1.165, 1.54) is 0 Å². The number of hydrogen-bond donors (Lipinski definition) is 1. The molecule has 2 unspecified atom stereocenters. The fraction of sp³-hybridized carbons (Fsp3) is 0.882. The van der Waals surface area contributed by atoms with Crippen LogP contribution in [0.3, 0.4) is 0 Å². The van der Waals surface area contributed by atoms with E-state index in [0.29, 0.717) is 26.1 Å². The Bertz CT molecular complexity index is 377. The Morgan fingerprint density at radius 3 is 2.33 bits per heavy atom. The van der Waals surface area contributed by atoms with Gasteiger partial charge in [-0.15, -0.1) is 0 Å². The largest absolute Gasteiger partial charge is 0.396 e. The molecule has 0 fully saturated rings. The Hall–Kier alpha value is -0.570. The quantitative estimate of drug-likeness (QED) is 0.376. The van der Waals surface area contributed by atoms with E-state index in [0.717, 1.165) is 12.8 Å². The Morgan fingerprint density at radius 1 is 1.25 bits per heavy atom. The number of hydrogen-bond acceptors (Lipinski definition) is 6. The summed E-state index contributed by atoms with van der Waals surface area (Å²) >= 11 is 0. The predicted molar refractivity (Wildman–Crippen MR) is 96.3 cm³/mol. The molecule has 6 nitrogen and oxygen atoms in total. The molecule has 1 N–H and O–H groups in total. The zero-order valence-electron chi connectivity index (χ0n) is 15.7. The van der Waals surface area contributed by atoms with Gasteiger partial charge in [0.15, 0.2) is 0 Å². The molecule has 0 amide bonds. The predicted octanol–water partition coefficient (Wildman–Crippen LogP) is 3.65. The first-order valence-corrected chi connectivity index (χ1v) is 9.77. The number of nitrogens with zero attached hydrogens (tertiary/aromatic N) is 2. The van der Waals surface area contributed by atoms with Crippen LogP contribution in [0.4, 0.5) is 0 Å². The molecule has 2 atom stereocenters. The molecular weight excluding hydrogens is 327 g/mol. The summed E-state index contributed by atoms with van der Waals surface area (Å²) in [6, 6.07) is 2.58. The van der Waals surface area contributed by atoms with Crippen LogP contribution < -0.4 is 0 Å². The molecule has 0 aliphatic carbocycles. The molecule has 0 heterocycles. The number of aliphatic hydroxyl groups excluding tert-OH is 1. The van der Waals surface area contributed by atoms with Gasteiger partial charge in [0, 0.05) is 31.0 Å². The van der Waals surface area contributed by atoms with Gasteiger partial charge >= 0.3 is 0 Å². The fourth-order valence-electron chi connectivity index (χ4n) is 2.35. The lowest BCUT2D eigenvalue weighted by Crippen LogP contribution is -2.34. The minimum atomic E-state index is -1.28. The average molecular weight is 360 g/mol. The highest BCUT2D eigenvalue weighted by molar-refractivity contribution is 7.44. The standard InChI is InChI=1S/C17H33N2O4P/c1-14(2)19(15(3)4)24(22-11-7-10-18)23-13-17(12-20)9-6-8-16(5)21/h14-15,17,20H,6-9,11-13H2,1-5H3. The molecule has 0 aromatic rings. The molecule has 0 saturated carbocycles. The summed E-state index contributed by atoms with van der Waals surface area (Å²) in [7, 11) is -1.28. The highest BCUT2D eigenvalue weighted by Gasteiger charge is 2.27. The third-order valence-corrected chi connectivity index (χ3v) is 5.56. The second kappa shape index (κ2) is 13.7. The Labute approximate surface area is 148 Å². The second-order valence-corrected chi connectivity index (χ2v) is 7.94. The lowest BCUT2D eigenvalue weighted by atomic mass is 10.0. The molecule has 0 radical (unpaired) electrons. The molecule has 0 spiro atoms. The van der Waals surface area contributed by atoms with Crippen molar-refractivity contribution in [3.8, 4) is 6.07 Å². The maximum atomic E-state index is 11.0. The maximum absolute atomic E-state index is 11.0. The summed E-state index contributed by atoms with van der Waals surface area (Å²) in [6.45, 7) is 10.7. The molecule has 7 heteroatoms. The van der Waals surface area contributed by atoms with Gasteiger partial charge in [0.1, 0.15) is 5.78 Å². The van der Waals surface area contributed by atoms with Crippen molar-refractivity contribution in [3.63, 3.8) is 0 Å². The van der Waals surface area contributed by atoms with Crippen molar-refractivity contribution >= 4 is 14.3 Å². The smallest absolute Gasteiger partial charge is 0.259 e. The second-order valence-electron chi connectivity index (χ2n) is 6.49. The van der Waals surface area contributed by atoms with Crippen LogP contribution in [0.25, 0.3) is 0 Å². The van der Waals surface area contributed by atoms with Crippen molar-refractivity contribution in [1.82, 2.24) is 4.67 Å². The van der Waals surface area contributed by atoms with Crippen LogP contribution in [0.1, 0.15) is 60.3 Å². The van der Waals surface area contributed by atoms with E-state index in [2.05, 4.69) is 38.4 Å². The normalized spacial score (nSPS) is 14.2. The van der Waals surface area contributed by atoms with Crippen LogP contribution >= 0.6 is 8.53 Å². The summed E-state index contributed by atoms with van der Waals surface area (Å²) < 4.78 is 14.0.